The van der Waals surface area contributed by atoms with E-state index in [4.69, 9.17) is 0 Å². The Kier molecular flexibility index (Phi) is 7.59. The lowest BCUT2D eigenvalue weighted by molar-refractivity contribution is -0.121. The summed E-state index contributed by atoms with van der Waals surface area (Å²) in [4.78, 5) is 20.0. The fourth-order valence-electron chi connectivity index (χ4n) is 4.65. The van der Waals surface area contributed by atoms with Gasteiger partial charge in [0.2, 0.25) is 15.9 Å². The minimum Gasteiger partial charge on any atom is -0.354 e. The molecule has 35 heavy (non-hydrogen) atoms. The molecule has 1 aromatic heterocycles. The molecule has 0 saturated carbocycles. The Morgan fingerprint density at radius 2 is 1.80 bits per heavy atom. The molecular formula is C26H35N5O3S. The van der Waals surface area contributed by atoms with Crippen LogP contribution in [0.1, 0.15) is 42.3 Å². The van der Waals surface area contributed by atoms with Gasteiger partial charge in [0.1, 0.15) is 5.82 Å². The number of sulfonamides is 1. The van der Waals surface area contributed by atoms with Crippen molar-refractivity contribution in [2.45, 2.75) is 43.5 Å². The first-order chi connectivity index (χ1) is 16.7. The van der Waals surface area contributed by atoms with Gasteiger partial charge in [0.15, 0.2) is 0 Å². The van der Waals surface area contributed by atoms with Gasteiger partial charge in [-0.3, -0.25) is 9.69 Å². The molecule has 1 saturated heterocycles. The number of nitrogens with one attached hydrogen (secondary N) is 1. The van der Waals surface area contributed by atoms with Crippen molar-refractivity contribution in [3.63, 3.8) is 0 Å². The molecule has 1 N–H and O–H groups in total. The van der Waals surface area contributed by atoms with Gasteiger partial charge in [0, 0.05) is 40.5 Å². The zero-order valence-corrected chi connectivity index (χ0v) is 21.8. The number of fused-ring (bicyclic) bond motifs is 1. The molecule has 0 radical (unpaired) electrons. The maximum absolute atomic E-state index is 12.8. The average Bonchev–Trinajstić information content (AvgIpc) is 3.47. The first-order valence-corrected chi connectivity index (χ1v) is 13.6. The summed E-state index contributed by atoms with van der Waals surface area (Å²) in [5.74, 6) is 0.744. The third-order valence-electron chi connectivity index (χ3n) is 6.84. The minimum absolute atomic E-state index is 0.00996. The Morgan fingerprint density at radius 3 is 2.46 bits per heavy atom. The number of amides is 1. The lowest BCUT2D eigenvalue weighted by Crippen LogP contribution is -2.37. The highest BCUT2D eigenvalue weighted by atomic mass is 32.2. The Bertz CT molecular complexity index is 1290. The van der Waals surface area contributed by atoms with Crippen molar-refractivity contribution in [3.05, 3.63) is 59.4 Å². The fourth-order valence-corrected chi connectivity index (χ4v) is 5.57. The van der Waals surface area contributed by atoms with Gasteiger partial charge >= 0.3 is 0 Å². The first kappa shape index (κ1) is 25.3. The van der Waals surface area contributed by atoms with Crippen molar-refractivity contribution in [2.24, 2.45) is 7.05 Å². The summed E-state index contributed by atoms with van der Waals surface area (Å²) in [7, 11) is 1.38. The van der Waals surface area contributed by atoms with Crippen molar-refractivity contribution in [1.82, 2.24) is 24.1 Å². The molecule has 0 bridgehead atoms. The molecule has 1 unspecified atom stereocenters. The first-order valence-electron chi connectivity index (χ1n) is 12.1. The van der Waals surface area contributed by atoms with Crippen molar-refractivity contribution >= 4 is 27.0 Å². The Balaban J connectivity index is 1.41. The van der Waals surface area contributed by atoms with Crippen LogP contribution in [0.2, 0.25) is 0 Å². The van der Waals surface area contributed by atoms with Crippen LogP contribution < -0.4 is 5.32 Å². The normalized spacial score (nSPS) is 15.7. The number of likely N-dealkylation sites (tertiary alicyclic amines) is 1. The number of imidazole rings is 1. The highest BCUT2D eigenvalue weighted by Gasteiger charge is 2.24. The molecule has 188 valence electrons. The molecule has 1 fully saturated rings. The monoisotopic (exact) mass is 497 g/mol. The summed E-state index contributed by atoms with van der Waals surface area (Å²) >= 11 is 0. The van der Waals surface area contributed by atoms with Gasteiger partial charge in [-0.05, 0) is 56.6 Å². The van der Waals surface area contributed by atoms with Crippen molar-refractivity contribution in [3.8, 4) is 0 Å². The van der Waals surface area contributed by atoms with E-state index >= 15 is 0 Å². The lowest BCUT2D eigenvalue weighted by atomic mass is 10.0. The van der Waals surface area contributed by atoms with E-state index in [1.54, 1.807) is 18.2 Å². The van der Waals surface area contributed by atoms with Crippen LogP contribution in [-0.2, 0) is 28.3 Å². The van der Waals surface area contributed by atoms with Crippen molar-refractivity contribution in [1.29, 1.82) is 0 Å². The second-order valence-electron chi connectivity index (χ2n) is 9.50. The van der Waals surface area contributed by atoms with E-state index in [-0.39, 0.29) is 16.8 Å². The second-order valence-corrected chi connectivity index (χ2v) is 11.7. The van der Waals surface area contributed by atoms with Crippen LogP contribution in [0.25, 0.3) is 11.0 Å². The molecule has 2 heterocycles. The zero-order valence-electron chi connectivity index (χ0n) is 21.0. The smallest absolute Gasteiger partial charge is 0.242 e. The molecule has 1 aliphatic heterocycles. The number of aryl methyl sites for hydroxylation is 3. The predicted octanol–water partition coefficient (Wildman–Crippen LogP) is 3.02. The molecule has 2 aromatic carbocycles. The summed E-state index contributed by atoms with van der Waals surface area (Å²) in [5, 5.41) is 3.14. The predicted molar refractivity (Wildman–Crippen MR) is 138 cm³/mol. The SMILES string of the molecule is Cc1ccc(C(CNC(=O)CCc2nc3cc(S(=O)(=O)N(C)C)ccc3n2C)N2CCCC2)cc1. The number of carbonyl (C=O) groups is 1. The van der Waals surface area contributed by atoms with Crippen molar-refractivity contribution in [2.75, 3.05) is 33.7 Å². The molecule has 8 nitrogen and oxygen atoms in total. The molecule has 1 amide bonds. The van der Waals surface area contributed by atoms with Crippen LogP contribution in [0.15, 0.2) is 47.4 Å². The van der Waals surface area contributed by atoms with Crippen molar-refractivity contribution < 1.29 is 13.2 Å². The number of benzene rings is 2. The number of hydrogen-bond donors (Lipinski definition) is 1. The number of hydrogen-bond acceptors (Lipinski definition) is 5. The molecule has 0 aliphatic carbocycles. The molecule has 0 spiro atoms. The zero-order chi connectivity index (χ0) is 25.2. The Labute approximate surface area is 208 Å². The average molecular weight is 498 g/mol. The minimum atomic E-state index is -3.53. The Morgan fingerprint density at radius 1 is 1.11 bits per heavy atom. The van der Waals surface area contributed by atoms with E-state index in [1.807, 2.05) is 11.6 Å². The number of aromatic nitrogens is 2. The molecular weight excluding hydrogens is 462 g/mol. The van der Waals surface area contributed by atoms with Gasteiger partial charge < -0.3 is 9.88 Å². The van der Waals surface area contributed by atoms with Gasteiger partial charge in [-0.25, -0.2) is 17.7 Å². The summed E-state index contributed by atoms with van der Waals surface area (Å²) in [6.45, 7) is 4.77. The molecule has 3 aromatic rings. The second kappa shape index (κ2) is 10.5. The van der Waals surface area contributed by atoms with Gasteiger partial charge in [0.05, 0.1) is 22.0 Å². The van der Waals surface area contributed by atoms with Gasteiger partial charge in [-0.15, -0.1) is 0 Å². The van der Waals surface area contributed by atoms with E-state index in [2.05, 4.69) is 46.4 Å². The van der Waals surface area contributed by atoms with Crippen LogP contribution in [0.5, 0.6) is 0 Å². The summed E-state index contributed by atoms with van der Waals surface area (Å²) in [5.41, 5.74) is 3.91. The van der Waals surface area contributed by atoms with Gasteiger partial charge in [-0.1, -0.05) is 29.8 Å². The lowest BCUT2D eigenvalue weighted by Gasteiger charge is -2.28. The maximum atomic E-state index is 12.8. The molecule has 1 aliphatic rings. The van der Waals surface area contributed by atoms with E-state index in [1.165, 1.54) is 42.4 Å². The standard InChI is InChI=1S/C26H35N5O3S/c1-19-7-9-20(10-8-19)24(31-15-5-6-16-31)18-27-26(32)14-13-25-28-22-17-21(35(33,34)29(2)3)11-12-23(22)30(25)4/h7-12,17,24H,5-6,13-16,18H2,1-4H3,(H,27,32). The van der Waals surface area contributed by atoms with Gasteiger partial charge in [0.25, 0.3) is 0 Å². The Hall–Kier alpha value is -2.75. The quantitative estimate of drug-likeness (QED) is 0.491. The van der Waals surface area contributed by atoms with Crippen LogP contribution in [0.3, 0.4) is 0 Å². The molecule has 9 heteroatoms. The van der Waals surface area contributed by atoms with Crippen LogP contribution in [0.4, 0.5) is 0 Å². The van der Waals surface area contributed by atoms with Crippen LogP contribution in [0, 0.1) is 6.92 Å². The molecule has 1 atom stereocenters. The third-order valence-corrected chi connectivity index (χ3v) is 8.65. The summed E-state index contributed by atoms with van der Waals surface area (Å²) < 4.78 is 28.0. The summed E-state index contributed by atoms with van der Waals surface area (Å²) in [6.07, 6.45) is 3.19. The van der Waals surface area contributed by atoms with E-state index < -0.39 is 10.0 Å². The topological polar surface area (TPSA) is 87.5 Å². The number of nitrogens with zero attached hydrogens (tertiary/aromatic N) is 4. The van der Waals surface area contributed by atoms with E-state index in [0.717, 1.165) is 24.4 Å². The highest BCUT2D eigenvalue weighted by molar-refractivity contribution is 7.89. The maximum Gasteiger partial charge on any atom is 0.242 e. The summed E-state index contributed by atoms with van der Waals surface area (Å²) in [6, 6.07) is 13.7. The van der Waals surface area contributed by atoms with Crippen LogP contribution >= 0.6 is 0 Å². The highest BCUT2D eigenvalue weighted by Crippen LogP contribution is 2.25. The van der Waals surface area contributed by atoms with E-state index in [0.29, 0.717) is 24.9 Å². The van der Waals surface area contributed by atoms with Gasteiger partial charge in [-0.2, -0.15) is 0 Å². The molecule has 4 rings (SSSR count). The number of carbonyl (C=O) groups excluding carboxylic acids is 1. The van der Waals surface area contributed by atoms with Crippen LogP contribution in [-0.4, -0.2) is 66.8 Å². The number of rotatable bonds is 9. The largest absolute Gasteiger partial charge is 0.354 e. The fraction of sp³-hybridized carbons (Fsp3) is 0.462. The van der Waals surface area contributed by atoms with E-state index in [9.17, 15) is 13.2 Å². The third kappa shape index (κ3) is 5.58.